The minimum Gasteiger partial charge on any atom is -0.457 e. The molecule has 6 aromatic rings. The fourth-order valence-electron chi connectivity index (χ4n) is 8.49. The highest BCUT2D eigenvalue weighted by Crippen LogP contribution is 2.53. The van der Waals surface area contributed by atoms with Gasteiger partial charge in [0, 0.05) is 46.5 Å². The first-order valence-electron chi connectivity index (χ1n) is 17.1. The van der Waals surface area contributed by atoms with Crippen LogP contribution in [0.25, 0.3) is 27.6 Å². The number of nitrogens with zero attached hydrogens (tertiary/aromatic N) is 5. The molecule has 3 saturated carbocycles. The normalized spacial score (nSPS) is 20.7. The summed E-state index contributed by atoms with van der Waals surface area (Å²) in [4.78, 5) is 14.5. The highest BCUT2D eigenvalue weighted by atomic mass is 16.5. The maximum Gasteiger partial charge on any atom is 0.137 e. The van der Waals surface area contributed by atoms with Crippen molar-refractivity contribution in [3.63, 3.8) is 0 Å². The fourth-order valence-corrected chi connectivity index (χ4v) is 8.49. The van der Waals surface area contributed by atoms with E-state index in [9.17, 15) is 0 Å². The van der Waals surface area contributed by atoms with Gasteiger partial charge in [0.2, 0.25) is 0 Å². The molecule has 3 fully saturated rings. The molecule has 0 amide bonds. The third-order valence-corrected chi connectivity index (χ3v) is 11.1. The molecular weight excluding hydrogens is 578 g/mol. The SMILES string of the molecule is CC(C)(C)c1ccnc(-n2c3ccccc3c3ccc(Oc4cccc(N5CN(C67CCC(CC6)CC7)c6ccncc65)c4)cc32)c1. The van der Waals surface area contributed by atoms with E-state index in [0.717, 1.165) is 46.6 Å². The molecule has 3 aliphatic carbocycles. The third kappa shape index (κ3) is 4.68. The Labute approximate surface area is 276 Å². The van der Waals surface area contributed by atoms with Crippen molar-refractivity contribution >= 4 is 38.9 Å². The third-order valence-electron chi connectivity index (χ3n) is 11.1. The molecule has 0 N–H and O–H groups in total. The Morgan fingerprint density at radius 1 is 0.745 bits per heavy atom. The van der Waals surface area contributed by atoms with E-state index < -0.39 is 0 Å². The number of fused-ring (bicyclic) bond motifs is 7. The minimum absolute atomic E-state index is 0.0221. The van der Waals surface area contributed by atoms with Gasteiger partial charge in [0.25, 0.3) is 0 Å². The van der Waals surface area contributed by atoms with E-state index in [1.165, 1.54) is 66.2 Å². The molecule has 2 bridgehead atoms. The molecule has 3 aromatic carbocycles. The Kier molecular flexibility index (Phi) is 6.40. The molecule has 3 aromatic heterocycles. The van der Waals surface area contributed by atoms with E-state index in [1.807, 2.05) is 18.6 Å². The van der Waals surface area contributed by atoms with E-state index in [0.29, 0.717) is 0 Å². The standard InChI is InChI=1S/C41H41N5O/c1-40(2,3)29-16-22-43-39(23-29)46-35-10-5-4-9-33(35)34-12-11-32(25-37(34)46)47-31-8-6-7-30(24-31)44-27-45(36-17-21-42-26-38(36)44)41-18-13-28(14-19-41)15-20-41/h4-12,16-17,21-26,28H,13-15,18-20,27H2,1-3H3. The number of hydrogen-bond acceptors (Lipinski definition) is 5. The molecule has 0 unspecified atom stereocenters. The van der Waals surface area contributed by atoms with Gasteiger partial charge in [-0.15, -0.1) is 0 Å². The topological polar surface area (TPSA) is 46.4 Å². The molecule has 10 rings (SSSR count). The number of pyridine rings is 2. The molecule has 6 heteroatoms. The molecule has 0 saturated heterocycles. The Hall–Kier alpha value is -4.84. The van der Waals surface area contributed by atoms with Crippen molar-refractivity contribution in [1.29, 1.82) is 0 Å². The molecule has 0 radical (unpaired) electrons. The number of para-hydroxylation sites is 1. The maximum atomic E-state index is 6.64. The van der Waals surface area contributed by atoms with Crippen molar-refractivity contribution in [2.45, 2.75) is 70.3 Å². The van der Waals surface area contributed by atoms with Gasteiger partial charge in [0.15, 0.2) is 0 Å². The summed E-state index contributed by atoms with van der Waals surface area (Å²) in [6.45, 7) is 7.58. The van der Waals surface area contributed by atoms with Gasteiger partial charge in [-0.05, 0) is 104 Å². The first-order valence-corrected chi connectivity index (χ1v) is 17.1. The smallest absolute Gasteiger partial charge is 0.137 e. The predicted octanol–water partition coefficient (Wildman–Crippen LogP) is 10.3. The van der Waals surface area contributed by atoms with Crippen molar-refractivity contribution < 1.29 is 4.74 Å². The van der Waals surface area contributed by atoms with Crippen LogP contribution in [0.3, 0.4) is 0 Å². The van der Waals surface area contributed by atoms with Crippen molar-refractivity contribution in [2.75, 3.05) is 16.5 Å². The monoisotopic (exact) mass is 619 g/mol. The summed E-state index contributed by atoms with van der Waals surface area (Å²) >= 11 is 0. The maximum absolute atomic E-state index is 6.64. The zero-order valence-electron chi connectivity index (χ0n) is 27.5. The van der Waals surface area contributed by atoms with Gasteiger partial charge in [-0.25, -0.2) is 4.98 Å². The van der Waals surface area contributed by atoms with Crippen LogP contribution < -0.4 is 14.5 Å². The average Bonchev–Trinajstić information content (AvgIpc) is 3.66. The van der Waals surface area contributed by atoms with Crippen LogP contribution in [0.15, 0.2) is 104 Å². The van der Waals surface area contributed by atoms with E-state index in [4.69, 9.17) is 9.72 Å². The largest absolute Gasteiger partial charge is 0.457 e. The van der Waals surface area contributed by atoms with Crippen LogP contribution in [0.1, 0.15) is 64.9 Å². The van der Waals surface area contributed by atoms with Gasteiger partial charge in [0.1, 0.15) is 17.3 Å². The highest BCUT2D eigenvalue weighted by molar-refractivity contribution is 6.09. The Morgan fingerprint density at radius 2 is 1.53 bits per heavy atom. The second kappa shape index (κ2) is 10.6. The van der Waals surface area contributed by atoms with Crippen LogP contribution in [-0.4, -0.2) is 26.7 Å². The van der Waals surface area contributed by atoms with Crippen molar-refractivity contribution in [3.8, 4) is 17.3 Å². The zero-order valence-corrected chi connectivity index (χ0v) is 27.5. The van der Waals surface area contributed by atoms with Crippen LogP contribution in [-0.2, 0) is 5.41 Å². The number of anilines is 3. The molecule has 1 aliphatic heterocycles. The summed E-state index contributed by atoms with van der Waals surface area (Å²) in [5.74, 6) is 3.47. The van der Waals surface area contributed by atoms with Crippen LogP contribution in [0.2, 0.25) is 0 Å². The molecule has 0 spiro atoms. The first-order chi connectivity index (χ1) is 22.9. The average molecular weight is 620 g/mol. The lowest BCUT2D eigenvalue weighted by Crippen LogP contribution is -2.54. The summed E-state index contributed by atoms with van der Waals surface area (Å²) in [6.07, 6.45) is 13.9. The molecule has 236 valence electrons. The van der Waals surface area contributed by atoms with Gasteiger partial charge in [-0.3, -0.25) is 9.55 Å². The second-order valence-electron chi connectivity index (χ2n) is 14.9. The summed E-state index contributed by atoms with van der Waals surface area (Å²) in [7, 11) is 0. The van der Waals surface area contributed by atoms with Crippen LogP contribution >= 0.6 is 0 Å². The molecule has 6 nitrogen and oxygen atoms in total. The number of benzene rings is 3. The van der Waals surface area contributed by atoms with E-state index >= 15 is 0 Å². The van der Waals surface area contributed by atoms with Crippen LogP contribution in [0.5, 0.6) is 11.5 Å². The van der Waals surface area contributed by atoms with Gasteiger partial charge in [-0.1, -0.05) is 45.0 Å². The molecular formula is C41H41N5O. The summed E-state index contributed by atoms with van der Waals surface area (Å²) in [5, 5.41) is 2.39. The van der Waals surface area contributed by atoms with E-state index in [-0.39, 0.29) is 11.0 Å². The number of aromatic nitrogens is 3. The molecule has 4 heterocycles. The quantitative estimate of drug-likeness (QED) is 0.192. The van der Waals surface area contributed by atoms with E-state index in [2.05, 4.69) is 125 Å². The first kappa shape index (κ1) is 28.4. The van der Waals surface area contributed by atoms with Gasteiger partial charge in [-0.2, -0.15) is 0 Å². The van der Waals surface area contributed by atoms with Crippen molar-refractivity contribution in [1.82, 2.24) is 14.5 Å². The summed E-state index contributed by atoms with van der Waals surface area (Å²) < 4.78 is 8.91. The molecule has 47 heavy (non-hydrogen) atoms. The van der Waals surface area contributed by atoms with Crippen LogP contribution in [0, 0.1) is 5.92 Å². The lowest BCUT2D eigenvalue weighted by molar-refractivity contribution is 0.133. The molecule has 0 atom stereocenters. The Morgan fingerprint density at radius 3 is 2.36 bits per heavy atom. The van der Waals surface area contributed by atoms with Gasteiger partial charge >= 0.3 is 0 Å². The van der Waals surface area contributed by atoms with Crippen LogP contribution in [0.4, 0.5) is 17.1 Å². The Bertz CT molecular complexity index is 2120. The van der Waals surface area contributed by atoms with Crippen molar-refractivity contribution in [2.24, 2.45) is 5.92 Å². The molecule has 4 aliphatic rings. The summed E-state index contributed by atoms with van der Waals surface area (Å²) in [5.41, 5.74) is 7.38. The zero-order chi connectivity index (χ0) is 31.8. The number of ether oxygens (including phenoxy) is 1. The highest BCUT2D eigenvalue weighted by Gasteiger charge is 2.47. The lowest BCUT2D eigenvalue weighted by atomic mass is 9.65. The number of hydrogen-bond donors (Lipinski definition) is 0. The Balaban J connectivity index is 1.07. The second-order valence-corrected chi connectivity index (χ2v) is 14.9. The van der Waals surface area contributed by atoms with E-state index in [1.54, 1.807) is 0 Å². The fraction of sp³-hybridized carbons (Fsp3) is 0.317. The predicted molar refractivity (Wildman–Crippen MR) is 191 cm³/mol. The van der Waals surface area contributed by atoms with Crippen molar-refractivity contribution in [3.05, 3.63) is 109 Å². The minimum atomic E-state index is 0.0221. The van der Waals surface area contributed by atoms with Gasteiger partial charge in [0.05, 0.1) is 35.3 Å². The summed E-state index contributed by atoms with van der Waals surface area (Å²) in [6, 6.07) is 30.1. The number of rotatable bonds is 5. The van der Waals surface area contributed by atoms with Gasteiger partial charge < -0.3 is 14.5 Å². The lowest BCUT2D eigenvalue weighted by Gasteiger charge is -2.52.